The van der Waals surface area contributed by atoms with E-state index in [0.29, 0.717) is 5.92 Å². The van der Waals surface area contributed by atoms with Gasteiger partial charge in [0, 0.05) is 5.69 Å². The first-order valence-electron chi connectivity index (χ1n) is 5.08. The largest absolute Gasteiger partial charge is 0.322 e. The highest BCUT2D eigenvalue weighted by Gasteiger charge is 2.04. The lowest BCUT2D eigenvalue weighted by Gasteiger charge is -2.11. The molecule has 0 saturated carbocycles. The SMILES string of the molecule is C=CC(=O)Nc1cc(C(C)C)ccc1C. The number of nitrogens with one attached hydrogen (secondary N) is 1. The van der Waals surface area contributed by atoms with Gasteiger partial charge < -0.3 is 5.32 Å². The highest BCUT2D eigenvalue weighted by Crippen LogP contribution is 2.22. The van der Waals surface area contributed by atoms with Crippen molar-refractivity contribution in [1.29, 1.82) is 0 Å². The summed E-state index contributed by atoms with van der Waals surface area (Å²) < 4.78 is 0. The number of amides is 1. The molecule has 0 unspecified atom stereocenters. The van der Waals surface area contributed by atoms with Crippen LogP contribution in [0.25, 0.3) is 0 Å². The summed E-state index contributed by atoms with van der Waals surface area (Å²) in [6, 6.07) is 6.12. The summed E-state index contributed by atoms with van der Waals surface area (Å²) in [5.74, 6) is 0.295. The quantitative estimate of drug-likeness (QED) is 0.751. The van der Waals surface area contributed by atoms with Gasteiger partial charge in [-0.1, -0.05) is 32.6 Å². The van der Waals surface area contributed by atoms with Crippen molar-refractivity contribution >= 4 is 11.6 Å². The first kappa shape index (κ1) is 11.5. The zero-order valence-corrected chi connectivity index (χ0v) is 9.50. The molecule has 0 aromatic heterocycles. The molecular formula is C13H17NO. The Bertz CT molecular complexity index is 380. The molecule has 0 bridgehead atoms. The Morgan fingerprint density at radius 3 is 2.67 bits per heavy atom. The zero-order valence-electron chi connectivity index (χ0n) is 9.50. The fourth-order valence-electron chi connectivity index (χ4n) is 1.32. The van der Waals surface area contributed by atoms with E-state index in [0.717, 1.165) is 11.3 Å². The number of carbonyl (C=O) groups is 1. The second-order valence-electron chi connectivity index (χ2n) is 3.92. The summed E-state index contributed by atoms with van der Waals surface area (Å²) in [5.41, 5.74) is 3.15. The summed E-state index contributed by atoms with van der Waals surface area (Å²) in [4.78, 5) is 11.2. The molecule has 2 heteroatoms. The Morgan fingerprint density at radius 1 is 1.47 bits per heavy atom. The van der Waals surface area contributed by atoms with Gasteiger partial charge >= 0.3 is 0 Å². The maximum absolute atomic E-state index is 11.2. The van der Waals surface area contributed by atoms with Gasteiger partial charge in [0.1, 0.15) is 0 Å². The third-order valence-corrected chi connectivity index (χ3v) is 2.37. The molecule has 80 valence electrons. The summed E-state index contributed by atoms with van der Waals surface area (Å²) in [6.07, 6.45) is 1.28. The third-order valence-electron chi connectivity index (χ3n) is 2.37. The topological polar surface area (TPSA) is 29.1 Å². The minimum atomic E-state index is -0.168. The molecule has 0 fully saturated rings. The smallest absolute Gasteiger partial charge is 0.247 e. The van der Waals surface area contributed by atoms with Gasteiger partial charge in [0.15, 0.2) is 0 Å². The number of hydrogen-bond donors (Lipinski definition) is 1. The van der Waals surface area contributed by atoms with Crippen LogP contribution in [0.2, 0.25) is 0 Å². The van der Waals surface area contributed by atoms with Crippen molar-refractivity contribution in [2.75, 3.05) is 5.32 Å². The van der Waals surface area contributed by atoms with Crippen LogP contribution < -0.4 is 5.32 Å². The number of carbonyl (C=O) groups excluding carboxylic acids is 1. The lowest BCUT2D eigenvalue weighted by atomic mass is 10.0. The number of aryl methyl sites for hydroxylation is 1. The fourth-order valence-corrected chi connectivity index (χ4v) is 1.32. The predicted molar refractivity (Wildman–Crippen MR) is 64.1 cm³/mol. The minimum absolute atomic E-state index is 0.168. The molecule has 1 aromatic rings. The van der Waals surface area contributed by atoms with Crippen molar-refractivity contribution in [2.45, 2.75) is 26.7 Å². The summed E-state index contributed by atoms with van der Waals surface area (Å²) >= 11 is 0. The first-order valence-corrected chi connectivity index (χ1v) is 5.08. The molecule has 0 saturated heterocycles. The van der Waals surface area contributed by atoms with Crippen molar-refractivity contribution in [3.63, 3.8) is 0 Å². The van der Waals surface area contributed by atoms with E-state index >= 15 is 0 Å². The highest BCUT2D eigenvalue weighted by atomic mass is 16.1. The van der Waals surface area contributed by atoms with E-state index in [1.165, 1.54) is 11.6 Å². The molecule has 1 N–H and O–H groups in total. The normalized spacial score (nSPS) is 10.1. The second-order valence-corrected chi connectivity index (χ2v) is 3.92. The van der Waals surface area contributed by atoms with Crippen LogP contribution in [0.4, 0.5) is 5.69 Å². The molecule has 0 aliphatic carbocycles. The Kier molecular flexibility index (Phi) is 3.67. The number of rotatable bonds is 3. The van der Waals surface area contributed by atoms with Crippen LogP contribution in [0.3, 0.4) is 0 Å². The average Bonchev–Trinajstić information content (AvgIpc) is 2.20. The molecule has 0 atom stereocenters. The van der Waals surface area contributed by atoms with E-state index in [1.807, 2.05) is 19.1 Å². The van der Waals surface area contributed by atoms with E-state index in [2.05, 4.69) is 31.8 Å². The van der Waals surface area contributed by atoms with Crippen LogP contribution in [0.1, 0.15) is 30.9 Å². The van der Waals surface area contributed by atoms with Crippen molar-refractivity contribution < 1.29 is 4.79 Å². The van der Waals surface area contributed by atoms with E-state index in [1.54, 1.807) is 0 Å². The highest BCUT2D eigenvalue weighted by molar-refractivity contribution is 5.99. The molecular weight excluding hydrogens is 186 g/mol. The van der Waals surface area contributed by atoms with Gasteiger partial charge in [-0.05, 0) is 36.1 Å². The lowest BCUT2D eigenvalue weighted by molar-refractivity contribution is -0.111. The number of hydrogen-bond acceptors (Lipinski definition) is 1. The van der Waals surface area contributed by atoms with E-state index in [4.69, 9.17) is 0 Å². The monoisotopic (exact) mass is 203 g/mol. The number of anilines is 1. The molecule has 0 radical (unpaired) electrons. The van der Waals surface area contributed by atoms with Gasteiger partial charge in [-0.3, -0.25) is 4.79 Å². The van der Waals surface area contributed by atoms with Crippen molar-refractivity contribution in [3.8, 4) is 0 Å². The molecule has 0 heterocycles. The van der Waals surface area contributed by atoms with Gasteiger partial charge in [-0.15, -0.1) is 0 Å². The van der Waals surface area contributed by atoms with Crippen molar-refractivity contribution in [1.82, 2.24) is 0 Å². The average molecular weight is 203 g/mol. The van der Waals surface area contributed by atoms with Crippen molar-refractivity contribution in [2.24, 2.45) is 0 Å². The molecule has 0 aliphatic heterocycles. The minimum Gasteiger partial charge on any atom is -0.322 e. The van der Waals surface area contributed by atoms with Crippen LogP contribution in [-0.2, 0) is 4.79 Å². The Labute approximate surface area is 91.0 Å². The number of benzene rings is 1. The first-order chi connectivity index (χ1) is 7.04. The zero-order chi connectivity index (χ0) is 11.4. The van der Waals surface area contributed by atoms with Gasteiger partial charge in [0.05, 0.1) is 0 Å². The van der Waals surface area contributed by atoms with Crippen LogP contribution in [0, 0.1) is 6.92 Å². The van der Waals surface area contributed by atoms with Crippen LogP contribution in [-0.4, -0.2) is 5.91 Å². The fraction of sp³-hybridized carbons (Fsp3) is 0.308. The Balaban J connectivity index is 3.00. The maximum Gasteiger partial charge on any atom is 0.247 e. The summed E-state index contributed by atoms with van der Waals surface area (Å²) in [6.45, 7) is 9.66. The Morgan fingerprint density at radius 2 is 2.13 bits per heavy atom. The molecule has 2 nitrogen and oxygen atoms in total. The summed E-state index contributed by atoms with van der Waals surface area (Å²) in [5, 5.41) is 2.80. The lowest BCUT2D eigenvalue weighted by Crippen LogP contribution is -2.09. The molecule has 1 rings (SSSR count). The molecule has 15 heavy (non-hydrogen) atoms. The van der Waals surface area contributed by atoms with Gasteiger partial charge in [0.25, 0.3) is 0 Å². The van der Waals surface area contributed by atoms with Crippen LogP contribution >= 0.6 is 0 Å². The van der Waals surface area contributed by atoms with Gasteiger partial charge in [-0.2, -0.15) is 0 Å². The summed E-state index contributed by atoms with van der Waals surface area (Å²) in [7, 11) is 0. The predicted octanol–water partition coefficient (Wildman–Crippen LogP) is 3.24. The van der Waals surface area contributed by atoms with E-state index < -0.39 is 0 Å². The molecule has 1 aromatic carbocycles. The molecule has 0 spiro atoms. The van der Waals surface area contributed by atoms with Crippen LogP contribution in [0.15, 0.2) is 30.9 Å². The second kappa shape index (κ2) is 4.78. The molecule has 0 aliphatic rings. The standard InChI is InChI=1S/C13H17NO/c1-5-13(15)14-12-8-11(9(2)3)7-6-10(12)4/h5-9H,1H2,2-4H3,(H,14,15). The Hall–Kier alpha value is -1.57. The van der Waals surface area contributed by atoms with Gasteiger partial charge in [0.2, 0.25) is 5.91 Å². The van der Waals surface area contributed by atoms with Gasteiger partial charge in [-0.25, -0.2) is 0 Å². The van der Waals surface area contributed by atoms with E-state index in [9.17, 15) is 4.79 Å². The maximum atomic E-state index is 11.2. The third kappa shape index (κ3) is 2.94. The van der Waals surface area contributed by atoms with E-state index in [-0.39, 0.29) is 5.91 Å². The molecule has 1 amide bonds. The van der Waals surface area contributed by atoms with Crippen LogP contribution in [0.5, 0.6) is 0 Å². The van der Waals surface area contributed by atoms with Crippen molar-refractivity contribution in [3.05, 3.63) is 42.0 Å².